The molecule has 1 aliphatic rings. The molecule has 3 rings (SSSR count). The van der Waals surface area contributed by atoms with Crippen molar-refractivity contribution >= 4 is 39.3 Å². The summed E-state index contributed by atoms with van der Waals surface area (Å²) in [5.74, 6) is -0.430. The molecule has 5 nitrogen and oxygen atoms in total. The Morgan fingerprint density at radius 3 is 2.65 bits per heavy atom. The Morgan fingerprint density at radius 2 is 2.09 bits per heavy atom. The van der Waals surface area contributed by atoms with Crippen LogP contribution in [0.25, 0.3) is 10.4 Å². The van der Waals surface area contributed by atoms with Crippen LogP contribution in [0.15, 0.2) is 40.2 Å². The Kier molecular flexibility index (Phi) is 4.68. The molecule has 23 heavy (non-hydrogen) atoms. The van der Waals surface area contributed by atoms with E-state index in [1.807, 2.05) is 35.7 Å². The zero-order valence-corrected chi connectivity index (χ0v) is 14.6. The van der Waals surface area contributed by atoms with E-state index in [-0.39, 0.29) is 12.7 Å². The number of esters is 1. The fraction of sp³-hybridized carbons (Fsp3) is 0.250. The van der Waals surface area contributed by atoms with Gasteiger partial charge in [-0.05, 0) is 45.4 Å². The number of carbonyl (C=O) groups excluding carboxylic acids is 2. The van der Waals surface area contributed by atoms with Gasteiger partial charge in [0.1, 0.15) is 12.7 Å². The van der Waals surface area contributed by atoms with Crippen LogP contribution in [0.1, 0.15) is 12.5 Å². The summed E-state index contributed by atoms with van der Waals surface area (Å²) in [6.45, 7) is 1.86. The topological polar surface area (TPSA) is 64.6 Å². The third-order valence-corrected chi connectivity index (χ3v) is 5.39. The smallest absolute Gasteiger partial charge is 0.408 e. The second-order valence-corrected chi connectivity index (χ2v) is 6.91. The molecule has 1 fully saturated rings. The Morgan fingerprint density at radius 1 is 1.35 bits per heavy atom. The van der Waals surface area contributed by atoms with E-state index in [1.54, 1.807) is 18.3 Å². The third kappa shape index (κ3) is 3.56. The Hall–Kier alpha value is -1.86. The van der Waals surface area contributed by atoms with Crippen LogP contribution in [0, 0.1) is 0 Å². The highest BCUT2D eigenvalue weighted by Gasteiger charge is 2.40. The molecule has 1 aliphatic heterocycles. The van der Waals surface area contributed by atoms with Gasteiger partial charge in [0, 0.05) is 9.35 Å². The van der Waals surface area contributed by atoms with Crippen LogP contribution >= 0.6 is 27.3 Å². The summed E-state index contributed by atoms with van der Waals surface area (Å²) >= 11 is 5.17. The van der Waals surface area contributed by atoms with Gasteiger partial charge >= 0.3 is 12.1 Å². The van der Waals surface area contributed by atoms with Gasteiger partial charge in [-0.1, -0.05) is 24.3 Å². The number of halogens is 1. The predicted molar refractivity (Wildman–Crippen MR) is 90.1 cm³/mol. The van der Waals surface area contributed by atoms with Crippen molar-refractivity contribution in [2.24, 2.45) is 0 Å². The summed E-state index contributed by atoms with van der Waals surface area (Å²) in [7, 11) is 0. The predicted octanol–water partition coefficient (Wildman–Crippen LogP) is 3.72. The van der Waals surface area contributed by atoms with E-state index in [1.165, 1.54) is 0 Å². The van der Waals surface area contributed by atoms with Crippen molar-refractivity contribution in [1.82, 2.24) is 5.32 Å². The monoisotopic (exact) mass is 395 g/mol. The molecule has 0 unspecified atom stereocenters. The molecular weight excluding hydrogens is 382 g/mol. The first-order chi connectivity index (χ1) is 11.0. The minimum absolute atomic E-state index is 0.147. The molecule has 1 aromatic carbocycles. The quantitative estimate of drug-likeness (QED) is 0.801. The lowest BCUT2D eigenvalue weighted by Crippen LogP contribution is -2.58. The maximum Gasteiger partial charge on any atom is 0.408 e. The lowest BCUT2D eigenvalue weighted by Gasteiger charge is -2.32. The van der Waals surface area contributed by atoms with Crippen molar-refractivity contribution in [3.8, 4) is 10.4 Å². The zero-order chi connectivity index (χ0) is 16.4. The van der Waals surface area contributed by atoms with E-state index in [4.69, 9.17) is 9.47 Å². The number of carbonyl (C=O) groups is 2. The van der Waals surface area contributed by atoms with Gasteiger partial charge in [0.25, 0.3) is 0 Å². The number of amides is 1. The number of cyclic esters (lactones) is 1. The van der Waals surface area contributed by atoms with Crippen LogP contribution in [0.2, 0.25) is 0 Å². The zero-order valence-electron chi connectivity index (χ0n) is 12.2. The number of rotatable bonds is 4. The maximum atomic E-state index is 11.7. The van der Waals surface area contributed by atoms with E-state index >= 15 is 0 Å². The molecule has 0 bridgehead atoms. The number of benzene rings is 1. The minimum Gasteiger partial charge on any atom is -0.458 e. The molecule has 1 aromatic heterocycles. The van der Waals surface area contributed by atoms with Crippen LogP contribution in [-0.2, 0) is 20.9 Å². The van der Waals surface area contributed by atoms with Crippen LogP contribution < -0.4 is 5.32 Å². The van der Waals surface area contributed by atoms with Gasteiger partial charge in [0.15, 0.2) is 6.04 Å². The maximum absolute atomic E-state index is 11.7. The lowest BCUT2D eigenvalue weighted by atomic mass is 10.1. The van der Waals surface area contributed by atoms with Crippen molar-refractivity contribution in [1.29, 1.82) is 0 Å². The summed E-state index contributed by atoms with van der Waals surface area (Å²) in [6.07, 6.45) is -0.929. The highest BCUT2D eigenvalue weighted by molar-refractivity contribution is 9.10. The van der Waals surface area contributed by atoms with Crippen molar-refractivity contribution in [2.75, 3.05) is 0 Å². The number of ether oxygens (including phenoxy) is 2. The fourth-order valence-electron chi connectivity index (χ4n) is 2.19. The van der Waals surface area contributed by atoms with Crippen molar-refractivity contribution in [3.05, 3.63) is 45.7 Å². The Labute approximate surface area is 145 Å². The van der Waals surface area contributed by atoms with Crippen LogP contribution in [-0.4, -0.2) is 24.2 Å². The second kappa shape index (κ2) is 6.72. The number of thiophene rings is 1. The summed E-state index contributed by atoms with van der Waals surface area (Å²) in [5, 5.41) is 4.51. The highest BCUT2D eigenvalue weighted by atomic mass is 79.9. The highest BCUT2D eigenvalue weighted by Crippen LogP contribution is 2.33. The van der Waals surface area contributed by atoms with Gasteiger partial charge < -0.3 is 14.8 Å². The molecular formula is C16H14BrNO4S. The average molecular weight is 396 g/mol. The molecule has 0 saturated carbocycles. The van der Waals surface area contributed by atoms with E-state index in [0.29, 0.717) is 0 Å². The second-order valence-electron chi connectivity index (χ2n) is 5.13. The number of alkyl carbamates (subject to hydrolysis) is 1. The summed E-state index contributed by atoms with van der Waals surface area (Å²) in [5.41, 5.74) is 1.98. The van der Waals surface area contributed by atoms with Gasteiger partial charge in [-0.2, -0.15) is 0 Å². The first-order valence-electron chi connectivity index (χ1n) is 7.00. The molecule has 2 heterocycles. The Bertz CT molecular complexity index is 728. The van der Waals surface area contributed by atoms with Gasteiger partial charge in [-0.15, -0.1) is 11.3 Å². The molecule has 1 amide bonds. The van der Waals surface area contributed by atoms with E-state index in [9.17, 15) is 9.59 Å². The van der Waals surface area contributed by atoms with Gasteiger partial charge in [-0.25, -0.2) is 9.59 Å². The molecule has 7 heteroatoms. The fourth-order valence-corrected chi connectivity index (χ4v) is 3.80. The summed E-state index contributed by atoms with van der Waals surface area (Å²) in [4.78, 5) is 24.0. The van der Waals surface area contributed by atoms with Crippen LogP contribution in [0.4, 0.5) is 4.79 Å². The van der Waals surface area contributed by atoms with E-state index in [0.717, 1.165) is 20.5 Å². The number of nitrogens with one attached hydrogen (secondary N) is 1. The van der Waals surface area contributed by atoms with Crippen molar-refractivity contribution in [3.63, 3.8) is 0 Å². The standard InChI is InChI=1S/C16H14BrNO4S/c1-9-13(15(19)22-9)18-16(20)21-8-10-2-4-11(5-3-10)14-12(17)6-7-23-14/h2-7,9,13H,8H2,1H3,(H,18,20)/t9-,13+/m0/s1. The minimum atomic E-state index is -0.622. The van der Waals surface area contributed by atoms with Gasteiger partial charge in [0.05, 0.1) is 0 Å². The largest absolute Gasteiger partial charge is 0.458 e. The number of hydrogen-bond donors (Lipinski definition) is 1. The third-order valence-electron chi connectivity index (χ3n) is 3.50. The number of hydrogen-bond acceptors (Lipinski definition) is 5. The molecule has 0 spiro atoms. The molecule has 1 saturated heterocycles. The molecule has 120 valence electrons. The Balaban J connectivity index is 1.53. The van der Waals surface area contributed by atoms with Gasteiger partial charge in [0.2, 0.25) is 0 Å². The summed E-state index contributed by atoms with van der Waals surface area (Å²) in [6, 6.07) is 9.19. The SMILES string of the molecule is C[C@@H]1OC(=O)[C@@H]1NC(=O)OCc1ccc(-c2sccc2Br)cc1. The molecule has 2 atom stereocenters. The average Bonchev–Trinajstić information content (AvgIpc) is 2.97. The molecule has 0 aliphatic carbocycles. The normalized spacial score (nSPS) is 19.7. The summed E-state index contributed by atoms with van der Waals surface area (Å²) < 4.78 is 10.9. The molecule has 2 aromatic rings. The molecule has 0 radical (unpaired) electrons. The van der Waals surface area contributed by atoms with E-state index < -0.39 is 18.1 Å². The first kappa shape index (κ1) is 16.0. The van der Waals surface area contributed by atoms with Crippen molar-refractivity contribution in [2.45, 2.75) is 25.7 Å². The van der Waals surface area contributed by atoms with Crippen molar-refractivity contribution < 1.29 is 19.1 Å². The first-order valence-corrected chi connectivity index (χ1v) is 8.68. The molecule has 1 N–H and O–H groups in total. The lowest BCUT2D eigenvalue weighted by molar-refractivity contribution is -0.174. The van der Waals surface area contributed by atoms with Gasteiger partial charge in [-0.3, -0.25) is 0 Å². The van der Waals surface area contributed by atoms with Crippen LogP contribution in [0.5, 0.6) is 0 Å². The van der Waals surface area contributed by atoms with E-state index in [2.05, 4.69) is 21.2 Å². The van der Waals surface area contributed by atoms with Crippen LogP contribution in [0.3, 0.4) is 0 Å².